The van der Waals surface area contributed by atoms with E-state index in [1.54, 1.807) is 24.3 Å². The maximum atomic E-state index is 12.1. The summed E-state index contributed by atoms with van der Waals surface area (Å²) in [5.41, 5.74) is 1.49. The fraction of sp³-hybridized carbons (Fsp3) is 0.263. The van der Waals surface area contributed by atoms with Crippen LogP contribution in [0.3, 0.4) is 0 Å². The van der Waals surface area contributed by atoms with Gasteiger partial charge in [0.15, 0.2) is 11.4 Å². The van der Waals surface area contributed by atoms with Crippen LogP contribution < -0.4 is 4.74 Å². The van der Waals surface area contributed by atoms with Crippen LogP contribution in [0.2, 0.25) is 10.0 Å². The molecule has 1 aliphatic carbocycles. The minimum absolute atomic E-state index is 0.0358. The summed E-state index contributed by atoms with van der Waals surface area (Å²) >= 11 is 12.1. The first-order valence-corrected chi connectivity index (χ1v) is 8.52. The van der Waals surface area contributed by atoms with Crippen LogP contribution >= 0.6 is 23.2 Å². The number of carboxylic acid groups (broad SMARTS) is 1. The van der Waals surface area contributed by atoms with Crippen LogP contribution in [0.15, 0.2) is 30.3 Å². The number of ether oxygens (including phenoxy) is 1. The number of fused-ring (bicyclic) bond motifs is 1. The molecule has 1 N–H and O–H groups in total. The van der Waals surface area contributed by atoms with Gasteiger partial charge >= 0.3 is 5.97 Å². The minimum atomic E-state index is -1.44. The number of hydrogen-bond acceptors (Lipinski definition) is 3. The molecule has 0 bridgehead atoms. The summed E-state index contributed by atoms with van der Waals surface area (Å²) in [4.78, 5) is 23.5. The van der Waals surface area contributed by atoms with Crippen LogP contribution in [-0.2, 0) is 11.2 Å². The zero-order valence-corrected chi connectivity index (χ0v) is 15.2. The number of benzene rings is 2. The normalized spacial score (nSPS) is 13.7. The highest BCUT2D eigenvalue weighted by Gasteiger charge is 2.32. The number of carbonyl (C=O) groups excluding carboxylic acids is 1. The molecule has 0 atom stereocenters. The zero-order valence-electron chi connectivity index (χ0n) is 13.7. The van der Waals surface area contributed by atoms with E-state index in [-0.39, 0.29) is 5.78 Å². The molecule has 6 heteroatoms. The number of ketones is 1. The Morgan fingerprint density at radius 2 is 1.80 bits per heavy atom. The number of carbonyl (C=O) groups is 2. The summed E-state index contributed by atoms with van der Waals surface area (Å²) in [6.07, 6.45) is 1.10. The molecule has 2 aromatic carbocycles. The molecule has 0 spiro atoms. The summed E-state index contributed by atoms with van der Waals surface area (Å²) in [6.45, 7) is 2.92. The second-order valence-corrected chi connectivity index (χ2v) is 7.29. The molecule has 0 radical (unpaired) electrons. The highest BCUT2D eigenvalue weighted by Crippen LogP contribution is 2.39. The van der Waals surface area contributed by atoms with Gasteiger partial charge in [-0.05, 0) is 55.7 Å². The quantitative estimate of drug-likeness (QED) is 0.809. The molecule has 25 heavy (non-hydrogen) atoms. The maximum Gasteiger partial charge on any atom is 0.347 e. The van der Waals surface area contributed by atoms with Gasteiger partial charge in [0.05, 0.1) is 10.0 Å². The first-order valence-electron chi connectivity index (χ1n) is 7.77. The number of Topliss-reactive ketones (excluding diaryl/α,β-unsaturated/α-hetero) is 1. The van der Waals surface area contributed by atoms with Crippen molar-refractivity contribution in [2.45, 2.75) is 32.3 Å². The molecule has 2 aromatic rings. The van der Waals surface area contributed by atoms with E-state index in [1.807, 2.05) is 6.07 Å². The molecule has 130 valence electrons. The van der Waals surface area contributed by atoms with Gasteiger partial charge in [0.25, 0.3) is 0 Å². The predicted molar refractivity (Wildman–Crippen MR) is 96.9 cm³/mol. The molecule has 0 aromatic heterocycles. The third kappa shape index (κ3) is 3.37. The average molecular weight is 379 g/mol. The zero-order chi connectivity index (χ0) is 18.4. The molecule has 0 fully saturated rings. The molecule has 3 rings (SSSR count). The van der Waals surface area contributed by atoms with Gasteiger partial charge in [-0.2, -0.15) is 0 Å². The summed E-state index contributed by atoms with van der Waals surface area (Å²) in [7, 11) is 0. The summed E-state index contributed by atoms with van der Waals surface area (Å²) in [6, 6.07) is 8.65. The number of aryl methyl sites for hydroxylation is 1. The minimum Gasteiger partial charge on any atom is -0.478 e. The van der Waals surface area contributed by atoms with Gasteiger partial charge in [0.1, 0.15) is 5.75 Å². The van der Waals surface area contributed by atoms with E-state index in [2.05, 4.69) is 0 Å². The number of carboxylic acids is 1. The van der Waals surface area contributed by atoms with Crippen molar-refractivity contribution >= 4 is 35.0 Å². The second-order valence-electron chi connectivity index (χ2n) is 6.48. The Morgan fingerprint density at radius 1 is 1.08 bits per heavy atom. The van der Waals surface area contributed by atoms with Crippen LogP contribution in [0.25, 0.3) is 11.1 Å². The SMILES string of the molecule is CC(C)(Oc1cc2c(cc1-c1ccc(Cl)c(Cl)c1)CCC2=O)C(=O)O. The number of aliphatic carboxylic acids is 1. The van der Waals surface area contributed by atoms with E-state index in [9.17, 15) is 14.7 Å². The van der Waals surface area contributed by atoms with E-state index in [0.29, 0.717) is 39.8 Å². The summed E-state index contributed by atoms with van der Waals surface area (Å²) in [5.74, 6) is -0.729. The van der Waals surface area contributed by atoms with Crippen LogP contribution in [-0.4, -0.2) is 22.5 Å². The molecular weight excluding hydrogens is 363 g/mol. The van der Waals surface area contributed by atoms with E-state index in [1.165, 1.54) is 13.8 Å². The number of rotatable bonds is 4. The molecule has 0 saturated heterocycles. The Hall–Kier alpha value is -2.04. The lowest BCUT2D eigenvalue weighted by molar-refractivity contribution is -0.152. The van der Waals surface area contributed by atoms with Crippen molar-refractivity contribution in [3.8, 4) is 16.9 Å². The monoisotopic (exact) mass is 378 g/mol. The Labute approximate surface area is 155 Å². The Kier molecular flexibility index (Phi) is 4.52. The van der Waals surface area contributed by atoms with Crippen LogP contribution in [0.5, 0.6) is 5.75 Å². The summed E-state index contributed by atoms with van der Waals surface area (Å²) in [5, 5.41) is 10.2. The molecule has 0 aliphatic heterocycles. The Balaban J connectivity index is 2.17. The average Bonchev–Trinajstić information content (AvgIpc) is 2.89. The topological polar surface area (TPSA) is 63.6 Å². The van der Waals surface area contributed by atoms with Crippen molar-refractivity contribution in [2.75, 3.05) is 0 Å². The molecule has 0 unspecified atom stereocenters. The van der Waals surface area contributed by atoms with Crippen molar-refractivity contribution in [3.05, 3.63) is 51.5 Å². The molecule has 0 heterocycles. The van der Waals surface area contributed by atoms with Crippen molar-refractivity contribution < 1.29 is 19.4 Å². The van der Waals surface area contributed by atoms with Crippen molar-refractivity contribution in [1.29, 1.82) is 0 Å². The van der Waals surface area contributed by atoms with Crippen molar-refractivity contribution in [3.63, 3.8) is 0 Å². The van der Waals surface area contributed by atoms with Crippen molar-refractivity contribution in [2.24, 2.45) is 0 Å². The van der Waals surface area contributed by atoms with E-state index < -0.39 is 11.6 Å². The lowest BCUT2D eigenvalue weighted by atomic mass is 9.98. The van der Waals surface area contributed by atoms with Crippen LogP contribution in [0, 0.1) is 0 Å². The Bertz CT molecular complexity index is 887. The third-order valence-electron chi connectivity index (χ3n) is 4.24. The van der Waals surface area contributed by atoms with Gasteiger partial charge in [0, 0.05) is 17.5 Å². The fourth-order valence-electron chi connectivity index (χ4n) is 2.77. The lowest BCUT2D eigenvalue weighted by Gasteiger charge is -2.24. The van der Waals surface area contributed by atoms with E-state index in [4.69, 9.17) is 27.9 Å². The smallest absolute Gasteiger partial charge is 0.347 e. The van der Waals surface area contributed by atoms with Gasteiger partial charge in [-0.25, -0.2) is 4.79 Å². The van der Waals surface area contributed by atoms with Gasteiger partial charge in [0.2, 0.25) is 0 Å². The van der Waals surface area contributed by atoms with Gasteiger partial charge in [-0.15, -0.1) is 0 Å². The van der Waals surface area contributed by atoms with E-state index >= 15 is 0 Å². The van der Waals surface area contributed by atoms with Crippen molar-refractivity contribution in [1.82, 2.24) is 0 Å². The van der Waals surface area contributed by atoms with E-state index in [0.717, 1.165) is 11.1 Å². The maximum absolute atomic E-state index is 12.1. The molecule has 0 saturated carbocycles. The largest absolute Gasteiger partial charge is 0.478 e. The van der Waals surface area contributed by atoms with Gasteiger partial charge < -0.3 is 9.84 Å². The molecule has 1 aliphatic rings. The fourth-order valence-corrected chi connectivity index (χ4v) is 3.06. The molecular formula is C19H16Cl2O4. The predicted octanol–water partition coefficient (Wildman–Crippen LogP) is 5.03. The highest BCUT2D eigenvalue weighted by atomic mass is 35.5. The first-order chi connectivity index (χ1) is 11.7. The molecule has 4 nitrogen and oxygen atoms in total. The number of hydrogen-bond donors (Lipinski definition) is 1. The first kappa shape index (κ1) is 17.8. The van der Waals surface area contributed by atoms with Crippen LogP contribution in [0.4, 0.5) is 0 Å². The standard InChI is InChI=1S/C19H16Cl2O4/c1-19(2,18(23)24)25-17-9-12-10(4-6-16(12)22)7-13(17)11-3-5-14(20)15(21)8-11/h3,5,7-9H,4,6H2,1-2H3,(H,23,24). The lowest BCUT2D eigenvalue weighted by Crippen LogP contribution is -2.38. The van der Waals surface area contributed by atoms with Gasteiger partial charge in [-0.1, -0.05) is 29.3 Å². The third-order valence-corrected chi connectivity index (χ3v) is 4.98. The Morgan fingerprint density at radius 3 is 2.44 bits per heavy atom. The highest BCUT2D eigenvalue weighted by molar-refractivity contribution is 6.42. The van der Waals surface area contributed by atoms with Crippen LogP contribution in [0.1, 0.15) is 36.2 Å². The molecule has 0 amide bonds. The second kappa shape index (κ2) is 6.36. The van der Waals surface area contributed by atoms with Gasteiger partial charge in [-0.3, -0.25) is 4.79 Å². The number of halogens is 2. The summed E-state index contributed by atoms with van der Waals surface area (Å²) < 4.78 is 5.76.